The van der Waals surface area contributed by atoms with Crippen molar-refractivity contribution in [1.29, 1.82) is 0 Å². The lowest BCUT2D eigenvalue weighted by atomic mass is 10.0. The minimum absolute atomic E-state index is 0.0334. The summed E-state index contributed by atoms with van der Waals surface area (Å²) in [6, 6.07) is 2.76. The number of carbonyl (C=O) groups excluding carboxylic acids is 2. The molecule has 2 unspecified atom stereocenters. The van der Waals surface area contributed by atoms with E-state index in [0.717, 1.165) is 0 Å². The second-order valence-electron chi connectivity index (χ2n) is 4.75. The molecule has 2 atom stereocenters. The van der Waals surface area contributed by atoms with Gasteiger partial charge in [0.2, 0.25) is 11.8 Å². The molecule has 7 nitrogen and oxygen atoms in total. The van der Waals surface area contributed by atoms with E-state index >= 15 is 0 Å². The number of pyridine rings is 1. The van der Waals surface area contributed by atoms with Crippen molar-refractivity contribution in [3.05, 3.63) is 30.1 Å². The molecular weight excluding hydrogens is 262 g/mol. The molecule has 0 spiro atoms. The summed E-state index contributed by atoms with van der Waals surface area (Å²) < 4.78 is 0. The zero-order valence-electron chi connectivity index (χ0n) is 10.7. The Hall–Kier alpha value is -2.44. The second kappa shape index (κ2) is 5.68. The van der Waals surface area contributed by atoms with Crippen molar-refractivity contribution in [2.45, 2.75) is 18.9 Å². The third kappa shape index (κ3) is 2.93. The van der Waals surface area contributed by atoms with Gasteiger partial charge in [0.1, 0.15) is 0 Å². The highest BCUT2D eigenvalue weighted by Gasteiger charge is 2.38. The maximum absolute atomic E-state index is 12.0. The van der Waals surface area contributed by atoms with E-state index in [9.17, 15) is 14.4 Å². The molecule has 0 aliphatic carbocycles. The second-order valence-corrected chi connectivity index (χ2v) is 4.75. The van der Waals surface area contributed by atoms with Gasteiger partial charge in [-0.25, -0.2) is 0 Å². The van der Waals surface area contributed by atoms with E-state index in [1.165, 1.54) is 11.1 Å². The van der Waals surface area contributed by atoms with Gasteiger partial charge in [-0.3, -0.25) is 19.4 Å². The maximum Gasteiger partial charge on any atom is 0.305 e. The molecule has 1 saturated heterocycles. The molecule has 0 bridgehead atoms. The summed E-state index contributed by atoms with van der Waals surface area (Å²) in [5.41, 5.74) is 5.85. The molecule has 0 aromatic carbocycles. The number of likely N-dealkylation sites (tertiary alicyclic amines) is 1. The van der Waals surface area contributed by atoms with Crippen LogP contribution in [0.3, 0.4) is 0 Å². The van der Waals surface area contributed by atoms with Crippen LogP contribution in [0.15, 0.2) is 24.5 Å². The number of carboxylic acid groups (broad SMARTS) is 1. The van der Waals surface area contributed by atoms with E-state index in [4.69, 9.17) is 10.8 Å². The van der Waals surface area contributed by atoms with Crippen LogP contribution in [0.5, 0.6) is 0 Å². The number of rotatable bonds is 5. The summed E-state index contributed by atoms with van der Waals surface area (Å²) in [5, 5.41) is 9.02. The molecule has 0 saturated carbocycles. The SMILES string of the molecule is NC(=O)C1CC(=O)N(C(CC(=O)O)c2cccnc2)C1. The number of carboxylic acids is 1. The number of aromatic nitrogens is 1. The molecule has 0 radical (unpaired) electrons. The van der Waals surface area contributed by atoms with E-state index in [1.54, 1.807) is 18.3 Å². The highest BCUT2D eigenvalue weighted by Crippen LogP contribution is 2.30. The fraction of sp³-hybridized carbons (Fsp3) is 0.385. The number of nitrogens with zero attached hydrogens (tertiary/aromatic N) is 2. The summed E-state index contributed by atoms with van der Waals surface area (Å²) >= 11 is 0. The van der Waals surface area contributed by atoms with Crippen LogP contribution in [0.25, 0.3) is 0 Å². The van der Waals surface area contributed by atoms with Gasteiger partial charge in [0.05, 0.1) is 18.4 Å². The summed E-state index contributed by atoms with van der Waals surface area (Å²) in [7, 11) is 0. The Morgan fingerprint density at radius 1 is 1.55 bits per heavy atom. The van der Waals surface area contributed by atoms with Crippen LogP contribution in [0, 0.1) is 5.92 Å². The van der Waals surface area contributed by atoms with Crippen molar-refractivity contribution >= 4 is 17.8 Å². The third-order valence-electron chi connectivity index (χ3n) is 3.37. The molecule has 1 fully saturated rings. The van der Waals surface area contributed by atoms with Gasteiger partial charge in [0, 0.05) is 25.4 Å². The summed E-state index contributed by atoms with van der Waals surface area (Å²) in [6.07, 6.45) is 2.90. The summed E-state index contributed by atoms with van der Waals surface area (Å²) in [4.78, 5) is 39.5. The Morgan fingerprint density at radius 3 is 2.80 bits per heavy atom. The van der Waals surface area contributed by atoms with Crippen LogP contribution in [-0.4, -0.2) is 39.3 Å². The van der Waals surface area contributed by atoms with Crippen LogP contribution >= 0.6 is 0 Å². The summed E-state index contributed by atoms with van der Waals surface area (Å²) in [5.74, 6) is -2.38. The van der Waals surface area contributed by atoms with Crippen LogP contribution in [0.4, 0.5) is 0 Å². The number of carbonyl (C=O) groups is 3. The van der Waals surface area contributed by atoms with Crippen molar-refractivity contribution in [3.8, 4) is 0 Å². The zero-order valence-corrected chi connectivity index (χ0v) is 10.7. The summed E-state index contributed by atoms with van der Waals surface area (Å²) in [6.45, 7) is 0.154. The molecule has 2 rings (SSSR count). The van der Waals surface area contributed by atoms with E-state index in [0.29, 0.717) is 5.56 Å². The average molecular weight is 277 g/mol. The first-order chi connectivity index (χ1) is 9.49. The van der Waals surface area contributed by atoms with E-state index in [2.05, 4.69) is 4.98 Å². The van der Waals surface area contributed by atoms with Crippen molar-refractivity contribution in [3.63, 3.8) is 0 Å². The Labute approximate surface area is 115 Å². The maximum atomic E-state index is 12.0. The average Bonchev–Trinajstić information content (AvgIpc) is 2.79. The Morgan fingerprint density at radius 2 is 2.30 bits per heavy atom. The number of amides is 2. The van der Waals surface area contributed by atoms with Crippen molar-refractivity contribution in [2.24, 2.45) is 11.7 Å². The lowest BCUT2D eigenvalue weighted by molar-refractivity contribution is -0.139. The van der Waals surface area contributed by atoms with E-state index in [-0.39, 0.29) is 25.3 Å². The van der Waals surface area contributed by atoms with Gasteiger partial charge in [-0.05, 0) is 11.6 Å². The number of aliphatic carboxylic acids is 1. The third-order valence-corrected chi connectivity index (χ3v) is 3.37. The molecule has 2 heterocycles. The molecule has 106 valence electrons. The molecular formula is C13H15N3O4. The molecule has 1 aliphatic heterocycles. The topological polar surface area (TPSA) is 114 Å². The first-order valence-corrected chi connectivity index (χ1v) is 6.19. The monoisotopic (exact) mass is 277 g/mol. The quantitative estimate of drug-likeness (QED) is 0.782. The largest absolute Gasteiger partial charge is 0.481 e. The van der Waals surface area contributed by atoms with Crippen molar-refractivity contribution in [1.82, 2.24) is 9.88 Å². The molecule has 1 aromatic heterocycles. The Balaban J connectivity index is 2.26. The standard InChI is InChI=1S/C13H15N3O4/c14-13(20)9-4-11(17)16(7-9)10(5-12(18)19)8-2-1-3-15-6-8/h1-3,6,9-10H,4-5,7H2,(H2,14,20)(H,18,19). The number of nitrogens with two attached hydrogens (primary N) is 1. The van der Waals surface area contributed by atoms with Crippen LogP contribution in [-0.2, 0) is 14.4 Å². The molecule has 1 aliphatic rings. The van der Waals surface area contributed by atoms with E-state index in [1.807, 2.05) is 0 Å². The smallest absolute Gasteiger partial charge is 0.305 e. The molecule has 20 heavy (non-hydrogen) atoms. The van der Waals surface area contributed by atoms with Crippen LogP contribution in [0.2, 0.25) is 0 Å². The number of hydrogen-bond donors (Lipinski definition) is 2. The Kier molecular flexibility index (Phi) is 3.97. The van der Waals surface area contributed by atoms with Crippen molar-refractivity contribution < 1.29 is 19.5 Å². The van der Waals surface area contributed by atoms with Gasteiger partial charge in [0.25, 0.3) is 0 Å². The van der Waals surface area contributed by atoms with Crippen molar-refractivity contribution in [2.75, 3.05) is 6.54 Å². The van der Waals surface area contributed by atoms with Crippen LogP contribution in [0.1, 0.15) is 24.4 Å². The first kappa shape index (κ1) is 14.0. The highest BCUT2D eigenvalue weighted by atomic mass is 16.4. The first-order valence-electron chi connectivity index (χ1n) is 6.19. The fourth-order valence-electron chi connectivity index (χ4n) is 2.37. The van der Waals surface area contributed by atoms with Gasteiger partial charge in [-0.1, -0.05) is 6.07 Å². The van der Waals surface area contributed by atoms with Gasteiger partial charge in [0.15, 0.2) is 0 Å². The Bertz CT molecular complexity index is 532. The van der Waals surface area contributed by atoms with Gasteiger partial charge < -0.3 is 15.7 Å². The number of primary amides is 1. The minimum atomic E-state index is -1.02. The molecule has 2 amide bonds. The highest BCUT2D eigenvalue weighted by molar-refractivity contribution is 5.89. The number of hydrogen-bond acceptors (Lipinski definition) is 4. The lowest BCUT2D eigenvalue weighted by Crippen LogP contribution is -2.33. The molecule has 1 aromatic rings. The van der Waals surface area contributed by atoms with Gasteiger partial charge in [-0.2, -0.15) is 0 Å². The predicted molar refractivity (Wildman–Crippen MR) is 68.2 cm³/mol. The normalized spacial score (nSPS) is 19.9. The fourth-order valence-corrected chi connectivity index (χ4v) is 2.37. The predicted octanol–water partition coefficient (Wildman–Crippen LogP) is -0.0688. The zero-order chi connectivity index (χ0) is 14.7. The van der Waals surface area contributed by atoms with Crippen LogP contribution < -0.4 is 5.73 Å². The van der Waals surface area contributed by atoms with Gasteiger partial charge >= 0.3 is 5.97 Å². The molecule has 7 heteroatoms. The minimum Gasteiger partial charge on any atom is -0.481 e. The van der Waals surface area contributed by atoms with Gasteiger partial charge in [-0.15, -0.1) is 0 Å². The lowest BCUT2D eigenvalue weighted by Gasteiger charge is -2.27. The molecule has 3 N–H and O–H groups in total. The van der Waals surface area contributed by atoms with E-state index < -0.39 is 23.8 Å².